The van der Waals surface area contributed by atoms with Gasteiger partial charge in [0.25, 0.3) is 0 Å². The van der Waals surface area contributed by atoms with Crippen molar-refractivity contribution in [1.82, 2.24) is 19.7 Å². The number of thioether (sulfide) groups is 1. The summed E-state index contributed by atoms with van der Waals surface area (Å²) in [7, 11) is 1.73. The SMILES string of the molecule is CC(c1ccc(-n2cncn2)cc1)N(C)C(=O)CSc1ccc(F)c(F)c1. The molecule has 5 nitrogen and oxygen atoms in total. The van der Waals surface area contributed by atoms with Crippen LogP contribution in [-0.2, 0) is 4.79 Å². The molecule has 0 aliphatic carbocycles. The molecule has 3 aromatic rings. The highest BCUT2D eigenvalue weighted by atomic mass is 32.2. The smallest absolute Gasteiger partial charge is 0.233 e. The van der Waals surface area contributed by atoms with Crippen LogP contribution in [0.1, 0.15) is 18.5 Å². The van der Waals surface area contributed by atoms with E-state index in [9.17, 15) is 13.6 Å². The summed E-state index contributed by atoms with van der Waals surface area (Å²) in [6, 6.07) is 11.2. The van der Waals surface area contributed by atoms with E-state index in [-0.39, 0.29) is 17.7 Å². The lowest BCUT2D eigenvalue weighted by atomic mass is 10.1. The lowest BCUT2D eigenvalue weighted by Gasteiger charge is -2.25. The van der Waals surface area contributed by atoms with Crippen molar-refractivity contribution in [3.8, 4) is 5.69 Å². The van der Waals surface area contributed by atoms with Crippen molar-refractivity contribution in [2.24, 2.45) is 0 Å². The molecule has 0 saturated carbocycles. The third kappa shape index (κ3) is 4.51. The average molecular weight is 388 g/mol. The second-order valence-corrected chi connectivity index (χ2v) is 7.03. The van der Waals surface area contributed by atoms with Crippen molar-refractivity contribution >= 4 is 17.7 Å². The maximum absolute atomic E-state index is 13.3. The molecule has 0 fully saturated rings. The average Bonchev–Trinajstić information content (AvgIpc) is 3.22. The summed E-state index contributed by atoms with van der Waals surface area (Å²) in [5.41, 5.74) is 1.86. The van der Waals surface area contributed by atoms with Crippen molar-refractivity contribution in [3.05, 3.63) is 72.3 Å². The molecule has 1 atom stereocenters. The molecule has 0 aliphatic heterocycles. The number of carbonyl (C=O) groups excluding carboxylic acids is 1. The minimum Gasteiger partial charge on any atom is -0.338 e. The number of amides is 1. The second kappa shape index (κ2) is 8.30. The Hall–Kier alpha value is -2.74. The van der Waals surface area contributed by atoms with Crippen molar-refractivity contribution in [3.63, 3.8) is 0 Å². The fraction of sp³-hybridized carbons (Fsp3) is 0.211. The fourth-order valence-corrected chi connectivity index (χ4v) is 3.35. The maximum atomic E-state index is 13.3. The van der Waals surface area contributed by atoms with Crippen LogP contribution in [0, 0.1) is 11.6 Å². The number of carbonyl (C=O) groups is 1. The molecule has 140 valence electrons. The Labute approximate surface area is 160 Å². The van der Waals surface area contributed by atoms with Gasteiger partial charge in [-0.2, -0.15) is 5.10 Å². The van der Waals surface area contributed by atoms with Crippen molar-refractivity contribution < 1.29 is 13.6 Å². The van der Waals surface area contributed by atoms with Crippen LogP contribution >= 0.6 is 11.8 Å². The van der Waals surface area contributed by atoms with Gasteiger partial charge in [-0.05, 0) is 42.8 Å². The van der Waals surface area contributed by atoms with Crippen molar-refractivity contribution in [2.45, 2.75) is 17.9 Å². The van der Waals surface area contributed by atoms with Crippen molar-refractivity contribution in [2.75, 3.05) is 12.8 Å². The molecular weight excluding hydrogens is 370 g/mol. The third-order valence-electron chi connectivity index (χ3n) is 4.29. The van der Waals surface area contributed by atoms with Gasteiger partial charge in [-0.1, -0.05) is 12.1 Å². The minimum absolute atomic E-state index is 0.0995. The van der Waals surface area contributed by atoms with E-state index in [0.29, 0.717) is 4.90 Å². The minimum atomic E-state index is -0.915. The summed E-state index contributed by atoms with van der Waals surface area (Å²) in [6.07, 6.45) is 3.08. The molecule has 1 amide bonds. The summed E-state index contributed by atoms with van der Waals surface area (Å²) in [5, 5.41) is 4.08. The summed E-state index contributed by atoms with van der Waals surface area (Å²) < 4.78 is 27.9. The lowest BCUT2D eigenvalue weighted by molar-refractivity contribution is -0.128. The van der Waals surface area contributed by atoms with Gasteiger partial charge in [-0.25, -0.2) is 18.4 Å². The topological polar surface area (TPSA) is 51.0 Å². The van der Waals surface area contributed by atoms with Crippen LogP contribution in [0.15, 0.2) is 60.0 Å². The molecule has 0 N–H and O–H groups in total. The molecule has 2 aromatic carbocycles. The standard InChI is InChI=1S/C19H18F2N4OS/c1-13(14-3-5-15(6-4-14)25-12-22-11-23-25)24(2)19(26)10-27-16-7-8-17(20)18(21)9-16/h3-9,11-13H,10H2,1-2H3. The van der Waals surface area contributed by atoms with Crippen LogP contribution in [0.5, 0.6) is 0 Å². The van der Waals surface area contributed by atoms with Gasteiger partial charge in [0.2, 0.25) is 5.91 Å². The Balaban J connectivity index is 1.61. The Bertz CT molecular complexity index is 916. The van der Waals surface area contributed by atoms with Crippen LogP contribution < -0.4 is 0 Å². The first-order chi connectivity index (χ1) is 13.0. The molecule has 0 bridgehead atoms. The molecule has 0 spiro atoms. The van der Waals surface area contributed by atoms with Gasteiger partial charge in [0.05, 0.1) is 17.5 Å². The molecule has 0 radical (unpaired) electrons. The quantitative estimate of drug-likeness (QED) is 0.602. The molecule has 1 unspecified atom stereocenters. The monoisotopic (exact) mass is 388 g/mol. The summed E-state index contributed by atoms with van der Waals surface area (Å²) >= 11 is 1.18. The lowest BCUT2D eigenvalue weighted by Crippen LogP contribution is -2.31. The Morgan fingerprint density at radius 1 is 1.19 bits per heavy atom. The van der Waals surface area contributed by atoms with E-state index in [1.54, 1.807) is 23.0 Å². The third-order valence-corrected chi connectivity index (χ3v) is 5.27. The summed E-state index contributed by atoms with van der Waals surface area (Å²) in [5.74, 6) is -1.77. The van der Waals surface area contributed by atoms with Gasteiger partial charge >= 0.3 is 0 Å². The number of halogens is 2. The van der Waals surface area contributed by atoms with Gasteiger partial charge in [-0.3, -0.25) is 4.79 Å². The largest absolute Gasteiger partial charge is 0.338 e. The molecule has 27 heavy (non-hydrogen) atoms. The number of hydrogen-bond donors (Lipinski definition) is 0. The normalized spacial score (nSPS) is 12.0. The van der Waals surface area contributed by atoms with Crippen LogP contribution in [-0.4, -0.2) is 38.4 Å². The molecule has 0 saturated heterocycles. The Kier molecular flexibility index (Phi) is 5.85. The van der Waals surface area contributed by atoms with E-state index < -0.39 is 11.6 Å². The van der Waals surface area contributed by atoms with E-state index >= 15 is 0 Å². The molecule has 3 rings (SSSR count). The second-order valence-electron chi connectivity index (χ2n) is 5.98. The number of rotatable bonds is 6. The maximum Gasteiger partial charge on any atom is 0.233 e. The number of aromatic nitrogens is 3. The highest BCUT2D eigenvalue weighted by Gasteiger charge is 2.18. The van der Waals surface area contributed by atoms with Gasteiger partial charge < -0.3 is 4.90 Å². The van der Waals surface area contributed by atoms with E-state index in [4.69, 9.17) is 0 Å². The zero-order valence-electron chi connectivity index (χ0n) is 14.8. The van der Waals surface area contributed by atoms with Gasteiger partial charge in [0.15, 0.2) is 11.6 Å². The Morgan fingerprint density at radius 2 is 1.93 bits per heavy atom. The first kappa shape index (κ1) is 19.0. The highest BCUT2D eigenvalue weighted by molar-refractivity contribution is 8.00. The van der Waals surface area contributed by atoms with Crippen molar-refractivity contribution in [1.29, 1.82) is 0 Å². The van der Waals surface area contributed by atoms with Crippen LogP contribution in [0.2, 0.25) is 0 Å². The van der Waals surface area contributed by atoms with Gasteiger partial charge in [0.1, 0.15) is 12.7 Å². The molecular formula is C19H18F2N4OS. The van der Waals surface area contributed by atoms with E-state index in [1.165, 1.54) is 24.2 Å². The summed E-state index contributed by atoms with van der Waals surface area (Å²) in [4.78, 5) is 18.5. The number of benzene rings is 2. The number of nitrogens with zero attached hydrogens (tertiary/aromatic N) is 4. The zero-order chi connectivity index (χ0) is 19.4. The molecule has 1 heterocycles. The van der Waals surface area contributed by atoms with Gasteiger partial charge in [0, 0.05) is 11.9 Å². The first-order valence-electron chi connectivity index (χ1n) is 8.24. The number of hydrogen-bond acceptors (Lipinski definition) is 4. The van der Waals surface area contributed by atoms with Crippen LogP contribution in [0.4, 0.5) is 8.78 Å². The van der Waals surface area contributed by atoms with Crippen LogP contribution in [0.3, 0.4) is 0 Å². The van der Waals surface area contributed by atoms with E-state index in [1.807, 2.05) is 31.2 Å². The van der Waals surface area contributed by atoms with Crippen LogP contribution in [0.25, 0.3) is 5.69 Å². The summed E-state index contributed by atoms with van der Waals surface area (Å²) in [6.45, 7) is 1.94. The Morgan fingerprint density at radius 3 is 2.56 bits per heavy atom. The fourth-order valence-electron chi connectivity index (χ4n) is 2.50. The molecule has 8 heteroatoms. The van der Waals surface area contributed by atoms with Gasteiger partial charge in [-0.15, -0.1) is 11.8 Å². The zero-order valence-corrected chi connectivity index (χ0v) is 15.7. The first-order valence-corrected chi connectivity index (χ1v) is 9.22. The van der Waals surface area contributed by atoms with E-state index in [2.05, 4.69) is 10.1 Å². The molecule has 0 aliphatic rings. The van der Waals surface area contributed by atoms with E-state index in [0.717, 1.165) is 23.4 Å². The predicted octanol–water partition coefficient (Wildman–Crippen LogP) is 3.86. The highest BCUT2D eigenvalue weighted by Crippen LogP contribution is 2.24. The predicted molar refractivity (Wildman–Crippen MR) is 99.6 cm³/mol. The molecule has 1 aromatic heterocycles.